The number of unbranched alkanes of at least 4 members (excludes halogenated alkanes) is 35. The second-order valence-electron chi connectivity index (χ2n) is 28.1. The molecule has 93 heavy (non-hydrogen) atoms. The van der Waals surface area contributed by atoms with Crippen LogP contribution in [0.25, 0.3) is 0 Å². The van der Waals surface area contributed by atoms with Crippen molar-refractivity contribution in [3.8, 4) is 0 Å². The third-order valence-electron chi connectivity index (χ3n) is 17.8. The van der Waals surface area contributed by atoms with Gasteiger partial charge < -0.3 is 33.8 Å². The molecule has 0 amide bonds. The molecule has 552 valence electrons. The van der Waals surface area contributed by atoms with Gasteiger partial charge in [0.15, 0.2) is 12.2 Å². The molecule has 0 rings (SSSR count). The lowest BCUT2D eigenvalue weighted by Crippen LogP contribution is -2.30. The van der Waals surface area contributed by atoms with Gasteiger partial charge in [-0.1, -0.05) is 319 Å². The first kappa shape index (κ1) is 91.1. The highest BCUT2D eigenvalue weighted by atomic mass is 31.2. The molecule has 0 fully saturated rings. The minimum atomic E-state index is -4.96. The van der Waals surface area contributed by atoms with Gasteiger partial charge in [0.25, 0.3) is 0 Å². The molecule has 0 aromatic carbocycles. The monoisotopic (exact) mass is 1370 g/mol. The van der Waals surface area contributed by atoms with E-state index in [4.69, 9.17) is 37.0 Å². The van der Waals surface area contributed by atoms with Crippen LogP contribution >= 0.6 is 15.6 Å². The van der Waals surface area contributed by atoms with Crippen LogP contribution in [0.15, 0.2) is 0 Å². The zero-order valence-electron chi connectivity index (χ0n) is 60.9. The molecule has 3 N–H and O–H groups in total. The minimum absolute atomic E-state index is 0.102. The molecule has 0 aliphatic heterocycles. The predicted octanol–water partition coefficient (Wildman–Crippen LogP) is 21.3. The van der Waals surface area contributed by atoms with Gasteiger partial charge in [0.1, 0.15) is 19.3 Å². The van der Waals surface area contributed by atoms with Gasteiger partial charge in [-0.15, -0.1) is 0 Å². The number of phosphoric ester groups is 2. The van der Waals surface area contributed by atoms with Crippen molar-refractivity contribution in [1.82, 2.24) is 0 Å². The van der Waals surface area contributed by atoms with Gasteiger partial charge in [-0.25, -0.2) is 9.13 Å². The molecule has 0 aliphatic rings. The molecule has 0 aliphatic carbocycles. The molecular weight excluding hydrogens is 1220 g/mol. The van der Waals surface area contributed by atoms with Crippen LogP contribution in [0.2, 0.25) is 0 Å². The summed E-state index contributed by atoms with van der Waals surface area (Å²) in [7, 11) is -9.91. The van der Waals surface area contributed by atoms with Crippen molar-refractivity contribution in [1.29, 1.82) is 0 Å². The minimum Gasteiger partial charge on any atom is -0.462 e. The van der Waals surface area contributed by atoms with E-state index in [1.165, 1.54) is 167 Å². The quantitative estimate of drug-likeness (QED) is 0.0222. The second-order valence-corrected chi connectivity index (χ2v) is 31.0. The van der Waals surface area contributed by atoms with E-state index in [1.807, 2.05) is 0 Å². The third kappa shape index (κ3) is 65.8. The van der Waals surface area contributed by atoms with Crippen molar-refractivity contribution < 1.29 is 80.2 Å². The first-order chi connectivity index (χ1) is 44.7. The molecule has 0 radical (unpaired) electrons. The number of aliphatic hydroxyl groups excluding tert-OH is 1. The molecule has 0 saturated heterocycles. The third-order valence-corrected chi connectivity index (χ3v) is 19.7. The Morgan fingerprint density at radius 3 is 0.763 bits per heavy atom. The van der Waals surface area contributed by atoms with Crippen LogP contribution in [-0.2, 0) is 65.4 Å². The fourth-order valence-corrected chi connectivity index (χ4v) is 12.7. The molecule has 17 nitrogen and oxygen atoms in total. The number of carbonyl (C=O) groups is 4. The number of hydrogen-bond acceptors (Lipinski definition) is 15. The highest BCUT2D eigenvalue weighted by Gasteiger charge is 2.30. The average Bonchev–Trinajstić information content (AvgIpc) is 2.50. The largest absolute Gasteiger partial charge is 0.472 e. The van der Waals surface area contributed by atoms with E-state index in [9.17, 15) is 43.2 Å². The Morgan fingerprint density at radius 2 is 0.516 bits per heavy atom. The van der Waals surface area contributed by atoms with E-state index in [2.05, 4.69) is 55.4 Å². The van der Waals surface area contributed by atoms with E-state index in [-0.39, 0.29) is 25.7 Å². The van der Waals surface area contributed by atoms with Crippen molar-refractivity contribution in [3.05, 3.63) is 0 Å². The Balaban J connectivity index is 5.16. The molecular formula is C74H144O17P2. The molecule has 7 atom stereocenters. The Labute approximate surface area is 568 Å². The lowest BCUT2D eigenvalue weighted by molar-refractivity contribution is -0.161. The topological polar surface area (TPSA) is 237 Å². The first-order valence-electron chi connectivity index (χ1n) is 38.3. The summed E-state index contributed by atoms with van der Waals surface area (Å²) in [5.74, 6) is 0.890. The highest BCUT2D eigenvalue weighted by Crippen LogP contribution is 2.45. The van der Waals surface area contributed by atoms with Crippen LogP contribution in [0, 0.1) is 23.7 Å². The van der Waals surface area contributed by atoms with Crippen molar-refractivity contribution in [2.45, 2.75) is 388 Å². The van der Waals surface area contributed by atoms with E-state index >= 15 is 0 Å². The maximum Gasteiger partial charge on any atom is 0.472 e. The molecule has 0 aromatic heterocycles. The molecule has 0 bridgehead atoms. The summed E-state index contributed by atoms with van der Waals surface area (Å²) in [5, 5.41) is 10.6. The summed E-state index contributed by atoms with van der Waals surface area (Å²) in [6.07, 6.45) is 47.5. The summed E-state index contributed by atoms with van der Waals surface area (Å²) in [6, 6.07) is 0. The number of phosphoric acid groups is 2. The Hall–Kier alpha value is -1.94. The molecule has 0 heterocycles. The number of rotatable bonds is 71. The van der Waals surface area contributed by atoms with E-state index in [0.29, 0.717) is 31.6 Å². The number of esters is 4. The number of hydrogen-bond donors (Lipinski definition) is 3. The van der Waals surface area contributed by atoms with Gasteiger partial charge in [-0.3, -0.25) is 37.3 Å². The van der Waals surface area contributed by atoms with Gasteiger partial charge in [0.05, 0.1) is 26.4 Å². The average molecular weight is 1370 g/mol. The maximum absolute atomic E-state index is 13.1. The Bertz CT molecular complexity index is 1840. The van der Waals surface area contributed by atoms with Crippen molar-refractivity contribution in [2.24, 2.45) is 23.7 Å². The lowest BCUT2D eigenvalue weighted by Gasteiger charge is -2.21. The predicted molar refractivity (Wildman–Crippen MR) is 377 cm³/mol. The summed E-state index contributed by atoms with van der Waals surface area (Å²) in [6.45, 7) is 14.1. The van der Waals surface area contributed by atoms with Gasteiger partial charge in [0, 0.05) is 25.7 Å². The van der Waals surface area contributed by atoms with Crippen LogP contribution in [0.5, 0.6) is 0 Å². The molecule has 4 unspecified atom stereocenters. The van der Waals surface area contributed by atoms with E-state index in [0.717, 1.165) is 114 Å². The van der Waals surface area contributed by atoms with Gasteiger partial charge >= 0.3 is 39.5 Å². The van der Waals surface area contributed by atoms with Gasteiger partial charge in [-0.2, -0.15) is 0 Å². The fraction of sp³-hybridized carbons (Fsp3) is 0.946. The van der Waals surface area contributed by atoms with Crippen molar-refractivity contribution in [3.63, 3.8) is 0 Å². The number of ether oxygens (including phenoxy) is 4. The standard InChI is InChI=1S/C74H144O17P2/c1-9-66(7)52-44-36-28-23-24-30-40-48-56-73(78)90-69(60-84-71(76)54-46-38-29-22-20-18-16-14-12-11-13-15-17-19-21-26-34-42-50-64(3)4)62-88-92(80,81)86-58-68(75)59-87-93(82,83)89-63-70(91-74(79)57-49-41-31-25-27-35-43-51-65(5)6)61-85-72(77)55-47-39-33-32-37-45-53-67(8)10-2/h64-70,75H,9-63H2,1-8H3,(H,80,81)(H,82,83)/t66?,67?,68-,69-,70-/m1/s1. The second kappa shape index (κ2) is 63.5. The molecule has 0 aromatic rings. The summed E-state index contributed by atoms with van der Waals surface area (Å²) < 4.78 is 68.3. The van der Waals surface area contributed by atoms with Gasteiger partial charge in [-0.05, 0) is 49.4 Å². The molecule has 19 heteroatoms. The fourth-order valence-electron chi connectivity index (χ4n) is 11.1. The van der Waals surface area contributed by atoms with Crippen LogP contribution in [0.1, 0.15) is 370 Å². The SMILES string of the molecule is CCC(C)CCCCCCCCCCC(=O)O[C@H](COC(=O)CCCCCCCCCCCCCCCCCCCCC(C)C)COP(=O)(O)OC[C@@H](O)COP(=O)(O)OC[C@@H](COC(=O)CCCCCCCCC(C)CC)OC(=O)CCCCCCCCCC(C)C. The van der Waals surface area contributed by atoms with E-state index < -0.39 is 97.5 Å². The van der Waals surface area contributed by atoms with Crippen LogP contribution in [-0.4, -0.2) is 96.7 Å². The summed E-state index contributed by atoms with van der Waals surface area (Å²) in [4.78, 5) is 72.6. The normalized spacial score (nSPS) is 14.8. The molecule has 0 saturated carbocycles. The highest BCUT2D eigenvalue weighted by molar-refractivity contribution is 7.47. The van der Waals surface area contributed by atoms with Crippen LogP contribution in [0.3, 0.4) is 0 Å². The Morgan fingerprint density at radius 1 is 0.301 bits per heavy atom. The summed E-state index contributed by atoms with van der Waals surface area (Å²) in [5.41, 5.74) is 0. The lowest BCUT2D eigenvalue weighted by atomic mass is 9.99. The van der Waals surface area contributed by atoms with Crippen LogP contribution < -0.4 is 0 Å². The zero-order valence-corrected chi connectivity index (χ0v) is 62.7. The van der Waals surface area contributed by atoms with Crippen molar-refractivity contribution >= 4 is 39.5 Å². The first-order valence-corrected chi connectivity index (χ1v) is 41.3. The molecule has 0 spiro atoms. The zero-order chi connectivity index (χ0) is 68.9. The number of aliphatic hydroxyl groups is 1. The van der Waals surface area contributed by atoms with Crippen molar-refractivity contribution in [2.75, 3.05) is 39.6 Å². The van der Waals surface area contributed by atoms with E-state index in [1.54, 1.807) is 0 Å². The van der Waals surface area contributed by atoms with Gasteiger partial charge in [0.2, 0.25) is 0 Å². The maximum atomic E-state index is 13.1. The number of carbonyl (C=O) groups excluding carboxylic acids is 4. The summed E-state index contributed by atoms with van der Waals surface area (Å²) >= 11 is 0. The Kier molecular flexibility index (Phi) is 62.2. The van der Waals surface area contributed by atoms with Crippen LogP contribution in [0.4, 0.5) is 0 Å². The smallest absolute Gasteiger partial charge is 0.462 e.